The number of nitrogens with zero attached hydrogens (tertiary/aromatic N) is 4. The molecule has 5 rings (SSSR count). The molecule has 6 heteroatoms. The van der Waals surface area contributed by atoms with Crippen molar-refractivity contribution in [1.82, 2.24) is 4.98 Å². The van der Waals surface area contributed by atoms with E-state index in [1.54, 1.807) is 0 Å². The van der Waals surface area contributed by atoms with Crippen molar-refractivity contribution in [1.29, 1.82) is 0 Å². The molecule has 3 aromatic rings. The number of amides is 1. The van der Waals surface area contributed by atoms with Crippen molar-refractivity contribution in [3.63, 3.8) is 0 Å². The minimum absolute atomic E-state index is 0.0743. The first-order valence-corrected chi connectivity index (χ1v) is 9.90. The number of hydrazone groups is 1. The molecule has 0 saturated heterocycles. The Labute approximate surface area is 161 Å². The molecule has 1 aliphatic carbocycles. The number of aromatic nitrogens is 1. The predicted octanol–water partition coefficient (Wildman–Crippen LogP) is 4.29. The molecule has 0 N–H and O–H groups in total. The summed E-state index contributed by atoms with van der Waals surface area (Å²) in [5.74, 6) is -0.519. The standard InChI is InChI=1S/C21H18N4OS/c1-13(22-15-11-12-15)18-19(14-7-3-2-4-8-14)24-25(20(18)26)21-23-16-9-5-6-10-17(16)27-21/h2-10,15,18H,11-12H2,1H3. The fourth-order valence-corrected chi connectivity index (χ4v) is 4.24. The Morgan fingerprint density at radius 2 is 1.85 bits per heavy atom. The molecule has 5 nitrogen and oxygen atoms in total. The van der Waals surface area contributed by atoms with E-state index in [1.165, 1.54) is 16.3 Å². The van der Waals surface area contributed by atoms with Crippen LogP contribution in [0.3, 0.4) is 0 Å². The van der Waals surface area contributed by atoms with Crippen LogP contribution in [0.5, 0.6) is 0 Å². The molecule has 1 aromatic heterocycles. The van der Waals surface area contributed by atoms with Crippen molar-refractivity contribution < 1.29 is 4.79 Å². The fraction of sp³-hybridized carbons (Fsp3) is 0.238. The molecule has 27 heavy (non-hydrogen) atoms. The monoisotopic (exact) mass is 374 g/mol. The van der Waals surface area contributed by atoms with Crippen LogP contribution < -0.4 is 5.01 Å². The SMILES string of the molecule is CC(=NC1CC1)C1C(=O)N(c2nc3ccccc3s2)N=C1c1ccccc1. The Bertz CT molecular complexity index is 1050. The van der Waals surface area contributed by atoms with E-state index in [0.29, 0.717) is 11.2 Å². The van der Waals surface area contributed by atoms with Crippen LogP contribution in [-0.2, 0) is 4.79 Å². The Hall–Kier alpha value is -2.86. The van der Waals surface area contributed by atoms with Gasteiger partial charge in [0, 0.05) is 5.71 Å². The van der Waals surface area contributed by atoms with E-state index in [1.807, 2.05) is 61.5 Å². The van der Waals surface area contributed by atoms with Crippen LogP contribution >= 0.6 is 11.3 Å². The van der Waals surface area contributed by atoms with Gasteiger partial charge < -0.3 is 0 Å². The minimum atomic E-state index is -0.444. The summed E-state index contributed by atoms with van der Waals surface area (Å²) in [7, 11) is 0. The number of anilines is 1. The van der Waals surface area contributed by atoms with E-state index in [-0.39, 0.29) is 5.91 Å². The minimum Gasteiger partial charge on any atom is -0.290 e. The van der Waals surface area contributed by atoms with Crippen molar-refractivity contribution in [2.45, 2.75) is 25.8 Å². The van der Waals surface area contributed by atoms with Gasteiger partial charge in [-0.15, -0.1) is 0 Å². The zero-order valence-electron chi connectivity index (χ0n) is 14.9. The Morgan fingerprint density at radius 3 is 2.59 bits per heavy atom. The third-order valence-corrected chi connectivity index (χ3v) is 5.83. The zero-order valence-corrected chi connectivity index (χ0v) is 15.7. The molecule has 1 atom stereocenters. The number of benzene rings is 2. The van der Waals surface area contributed by atoms with Gasteiger partial charge in [0.25, 0.3) is 5.91 Å². The summed E-state index contributed by atoms with van der Waals surface area (Å²) in [4.78, 5) is 22.7. The van der Waals surface area contributed by atoms with E-state index in [9.17, 15) is 4.79 Å². The lowest BCUT2D eigenvalue weighted by Gasteiger charge is -2.12. The summed E-state index contributed by atoms with van der Waals surface area (Å²) in [6, 6.07) is 18.1. The molecule has 1 fully saturated rings. The quantitative estimate of drug-likeness (QED) is 0.640. The van der Waals surface area contributed by atoms with E-state index >= 15 is 0 Å². The molecule has 0 spiro atoms. The molecule has 0 bridgehead atoms. The summed E-state index contributed by atoms with van der Waals surface area (Å²) in [6.45, 7) is 1.95. The Morgan fingerprint density at radius 1 is 1.11 bits per heavy atom. The van der Waals surface area contributed by atoms with Crippen molar-refractivity contribution in [3.8, 4) is 0 Å². The van der Waals surface area contributed by atoms with Crippen LogP contribution in [0.1, 0.15) is 25.3 Å². The molecular weight excluding hydrogens is 356 g/mol. The molecule has 2 heterocycles. The van der Waals surface area contributed by atoms with Crippen molar-refractivity contribution in [3.05, 3.63) is 60.2 Å². The lowest BCUT2D eigenvalue weighted by molar-refractivity contribution is -0.118. The highest BCUT2D eigenvalue weighted by Gasteiger charge is 2.41. The van der Waals surface area contributed by atoms with Gasteiger partial charge in [-0.05, 0) is 37.5 Å². The third kappa shape index (κ3) is 2.96. The van der Waals surface area contributed by atoms with Gasteiger partial charge in [0.15, 0.2) is 0 Å². The van der Waals surface area contributed by atoms with Gasteiger partial charge in [0.2, 0.25) is 5.13 Å². The van der Waals surface area contributed by atoms with Crippen molar-refractivity contribution in [2.75, 3.05) is 5.01 Å². The normalized spacial score (nSPS) is 20.4. The third-order valence-electron chi connectivity index (χ3n) is 4.82. The Balaban J connectivity index is 1.59. The van der Waals surface area contributed by atoms with E-state index in [0.717, 1.165) is 40.0 Å². The molecule has 1 aliphatic heterocycles. The molecule has 2 aliphatic rings. The molecular formula is C21H18N4OS. The van der Waals surface area contributed by atoms with Gasteiger partial charge in [-0.2, -0.15) is 10.1 Å². The smallest absolute Gasteiger partial charge is 0.264 e. The number of carbonyl (C=O) groups is 1. The van der Waals surface area contributed by atoms with E-state index in [4.69, 9.17) is 10.1 Å². The maximum Gasteiger partial charge on any atom is 0.264 e. The molecule has 134 valence electrons. The summed E-state index contributed by atoms with van der Waals surface area (Å²) in [5.41, 5.74) is 3.42. The average molecular weight is 374 g/mol. The van der Waals surface area contributed by atoms with Crippen LogP contribution in [0.4, 0.5) is 5.13 Å². The number of para-hydroxylation sites is 1. The second kappa shape index (κ2) is 6.39. The molecule has 2 aromatic carbocycles. The summed E-state index contributed by atoms with van der Waals surface area (Å²) < 4.78 is 1.04. The van der Waals surface area contributed by atoms with Gasteiger partial charge in [-0.3, -0.25) is 9.79 Å². The van der Waals surface area contributed by atoms with Gasteiger partial charge in [0.1, 0.15) is 5.92 Å². The first kappa shape index (κ1) is 16.3. The van der Waals surface area contributed by atoms with Gasteiger partial charge in [-0.1, -0.05) is 53.8 Å². The highest BCUT2D eigenvalue weighted by atomic mass is 32.1. The van der Waals surface area contributed by atoms with Crippen LogP contribution in [0.15, 0.2) is 64.7 Å². The number of hydrogen-bond acceptors (Lipinski definition) is 5. The van der Waals surface area contributed by atoms with E-state index in [2.05, 4.69) is 4.98 Å². The highest BCUT2D eigenvalue weighted by molar-refractivity contribution is 7.22. The maximum atomic E-state index is 13.3. The van der Waals surface area contributed by atoms with Crippen molar-refractivity contribution in [2.24, 2.45) is 16.0 Å². The first-order valence-electron chi connectivity index (χ1n) is 9.08. The average Bonchev–Trinajstić information content (AvgIpc) is 3.28. The largest absolute Gasteiger partial charge is 0.290 e. The van der Waals surface area contributed by atoms with E-state index < -0.39 is 5.92 Å². The van der Waals surface area contributed by atoms with Crippen LogP contribution in [-0.4, -0.2) is 28.4 Å². The number of aliphatic imine (C=N–C) groups is 1. The molecule has 1 saturated carbocycles. The summed E-state index contributed by atoms with van der Waals surface area (Å²) in [5, 5.41) is 6.77. The molecule has 0 radical (unpaired) electrons. The predicted molar refractivity (Wildman–Crippen MR) is 110 cm³/mol. The Kier molecular flexibility index (Phi) is 3.86. The van der Waals surface area contributed by atoms with Crippen LogP contribution in [0, 0.1) is 5.92 Å². The number of carbonyl (C=O) groups excluding carboxylic acids is 1. The van der Waals surface area contributed by atoms with Crippen LogP contribution in [0.2, 0.25) is 0 Å². The lowest BCUT2D eigenvalue weighted by atomic mass is 9.93. The maximum absolute atomic E-state index is 13.3. The second-order valence-corrected chi connectivity index (χ2v) is 7.91. The fourth-order valence-electron chi connectivity index (χ4n) is 3.32. The number of hydrogen-bond donors (Lipinski definition) is 0. The van der Waals surface area contributed by atoms with Crippen LogP contribution in [0.25, 0.3) is 10.2 Å². The lowest BCUT2D eigenvalue weighted by Crippen LogP contribution is -2.32. The zero-order chi connectivity index (χ0) is 18.4. The number of rotatable bonds is 4. The summed E-state index contributed by atoms with van der Waals surface area (Å²) >= 11 is 1.48. The molecule has 1 amide bonds. The summed E-state index contributed by atoms with van der Waals surface area (Å²) in [6.07, 6.45) is 2.22. The van der Waals surface area contributed by atoms with Gasteiger partial charge in [0.05, 0.1) is 22.0 Å². The second-order valence-electron chi connectivity index (χ2n) is 6.90. The number of fused-ring (bicyclic) bond motifs is 1. The van der Waals surface area contributed by atoms with Gasteiger partial charge in [-0.25, -0.2) is 4.98 Å². The molecule has 1 unspecified atom stereocenters. The first-order chi connectivity index (χ1) is 13.2. The highest BCUT2D eigenvalue weighted by Crippen LogP contribution is 2.34. The topological polar surface area (TPSA) is 57.9 Å². The van der Waals surface area contributed by atoms with Gasteiger partial charge >= 0.3 is 0 Å². The van der Waals surface area contributed by atoms with Crippen molar-refractivity contribution >= 4 is 44.0 Å². The number of thiazole rings is 1.